The third-order valence-corrected chi connectivity index (χ3v) is 5.48. The summed E-state index contributed by atoms with van der Waals surface area (Å²) in [6.45, 7) is 3.97. The zero-order valence-electron chi connectivity index (χ0n) is 14.6. The molecule has 1 fully saturated rings. The molecule has 1 amide bonds. The molecule has 3 nitrogen and oxygen atoms in total. The van der Waals surface area contributed by atoms with Crippen LogP contribution >= 0.6 is 23.2 Å². The number of hydrogen-bond acceptors (Lipinski definition) is 2. The number of hydrogen-bond donors (Lipinski definition) is 0. The van der Waals surface area contributed by atoms with E-state index in [2.05, 4.69) is 6.92 Å². The van der Waals surface area contributed by atoms with E-state index in [-0.39, 0.29) is 11.9 Å². The van der Waals surface area contributed by atoms with Crippen molar-refractivity contribution in [2.75, 3.05) is 12.0 Å². The van der Waals surface area contributed by atoms with E-state index in [1.807, 2.05) is 36.1 Å². The predicted octanol–water partition coefficient (Wildman–Crippen LogP) is 5.76. The number of methoxy groups -OCH3 is 1. The highest BCUT2D eigenvalue weighted by atomic mass is 35.5. The lowest BCUT2D eigenvalue weighted by atomic mass is 10.1. The van der Waals surface area contributed by atoms with Crippen LogP contribution in [0.5, 0.6) is 5.75 Å². The SMILES string of the molecule is COc1ccc(N(C(=O)c2cc(C)c(Cl)cc2Cl)[C@@H](C)C2CC2)cc1. The maximum absolute atomic E-state index is 13.3. The summed E-state index contributed by atoms with van der Waals surface area (Å²) in [5.74, 6) is 1.18. The number of anilines is 1. The van der Waals surface area contributed by atoms with Gasteiger partial charge in [0.25, 0.3) is 5.91 Å². The Balaban J connectivity index is 2.01. The average Bonchev–Trinajstić information content (AvgIpc) is 3.43. The number of amides is 1. The molecule has 25 heavy (non-hydrogen) atoms. The van der Waals surface area contributed by atoms with Crippen molar-refractivity contribution in [1.82, 2.24) is 0 Å². The van der Waals surface area contributed by atoms with Crippen LogP contribution in [0.1, 0.15) is 35.7 Å². The molecule has 1 atom stereocenters. The van der Waals surface area contributed by atoms with Gasteiger partial charge in [0.2, 0.25) is 0 Å². The van der Waals surface area contributed by atoms with E-state index in [1.165, 1.54) is 0 Å². The summed E-state index contributed by atoms with van der Waals surface area (Å²) >= 11 is 12.4. The van der Waals surface area contributed by atoms with Crippen LogP contribution in [0.25, 0.3) is 0 Å². The summed E-state index contributed by atoms with van der Waals surface area (Å²) in [7, 11) is 1.63. The van der Waals surface area contributed by atoms with Gasteiger partial charge in [-0.25, -0.2) is 0 Å². The third-order valence-electron chi connectivity index (χ3n) is 4.76. The first kappa shape index (κ1) is 18.1. The summed E-state index contributed by atoms with van der Waals surface area (Å²) in [6.07, 6.45) is 2.29. The fourth-order valence-corrected chi connectivity index (χ4v) is 3.48. The Hall–Kier alpha value is -1.71. The van der Waals surface area contributed by atoms with Crippen LogP contribution in [0.4, 0.5) is 5.69 Å². The summed E-state index contributed by atoms with van der Waals surface area (Å²) in [6, 6.07) is 11.1. The number of carbonyl (C=O) groups excluding carboxylic acids is 1. The van der Waals surface area contributed by atoms with Gasteiger partial charge in [-0.2, -0.15) is 0 Å². The molecule has 0 unspecified atom stereocenters. The summed E-state index contributed by atoms with van der Waals surface area (Å²) in [4.78, 5) is 15.2. The van der Waals surface area contributed by atoms with E-state index in [0.29, 0.717) is 21.5 Å². The molecule has 0 spiro atoms. The van der Waals surface area contributed by atoms with Crippen molar-refractivity contribution < 1.29 is 9.53 Å². The van der Waals surface area contributed by atoms with Crippen molar-refractivity contribution in [3.05, 3.63) is 57.6 Å². The van der Waals surface area contributed by atoms with Gasteiger partial charge in [0.05, 0.1) is 17.7 Å². The normalized spacial score (nSPS) is 14.9. The van der Waals surface area contributed by atoms with E-state index in [4.69, 9.17) is 27.9 Å². The molecule has 1 saturated carbocycles. The molecule has 1 aliphatic rings. The monoisotopic (exact) mass is 377 g/mol. The fourth-order valence-electron chi connectivity index (χ4n) is 3.02. The molecular formula is C20H21Cl2NO2. The highest BCUT2D eigenvalue weighted by Gasteiger charge is 2.36. The average molecular weight is 378 g/mol. The van der Waals surface area contributed by atoms with Crippen molar-refractivity contribution >= 4 is 34.8 Å². The number of rotatable bonds is 5. The molecule has 2 aromatic carbocycles. The van der Waals surface area contributed by atoms with Crippen LogP contribution in [-0.4, -0.2) is 19.1 Å². The Morgan fingerprint density at radius 1 is 1.16 bits per heavy atom. The molecular weight excluding hydrogens is 357 g/mol. The summed E-state index contributed by atoms with van der Waals surface area (Å²) in [5.41, 5.74) is 2.16. The molecule has 3 rings (SSSR count). The minimum Gasteiger partial charge on any atom is -0.497 e. The molecule has 0 aliphatic heterocycles. The molecule has 132 valence electrons. The molecule has 0 aromatic heterocycles. The van der Waals surface area contributed by atoms with E-state index in [1.54, 1.807) is 19.2 Å². The van der Waals surface area contributed by atoms with Crippen LogP contribution in [0, 0.1) is 12.8 Å². The number of halogens is 2. The molecule has 0 N–H and O–H groups in total. The lowest BCUT2D eigenvalue weighted by molar-refractivity contribution is 0.0975. The zero-order valence-corrected chi connectivity index (χ0v) is 16.1. The van der Waals surface area contributed by atoms with Gasteiger partial charge in [-0.15, -0.1) is 0 Å². The van der Waals surface area contributed by atoms with Crippen molar-refractivity contribution in [1.29, 1.82) is 0 Å². The second-order valence-electron chi connectivity index (χ2n) is 6.53. The van der Waals surface area contributed by atoms with Crippen molar-refractivity contribution in [2.45, 2.75) is 32.7 Å². The predicted molar refractivity (Wildman–Crippen MR) is 103 cm³/mol. The standard InChI is InChI=1S/C20H21Cl2NO2/c1-12-10-17(19(22)11-18(12)21)20(24)23(13(2)14-4-5-14)15-6-8-16(25-3)9-7-15/h6-11,13-14H,4-5H2,1-3H3/t13-/m0/s1. The van der Waals surface area contributed by atoms with Gasteiger partial charge in [0, 0.05) is 16.8 Å². The molecule has 1 aliphatic carbocycles. The number of carbonyl (C=O) groups is 1. The van der Waals surface area contributed by atoms with E-state index in [9.17, 15) is 4.79 Å². The van der Waals surface area contributed by atoms with Gasteiger partial charge >= 0.3 is 0 Å². The Kier molecular flexibility index (Phi) is 5.26. The Labute approximate surface area is 158 Å². The number of nitrogens with zero attached hydrogens (tertiary/aromatic N) is 1. The Bertz CT molecular complexity index is 785. The number of ether oxygens (including phenoxy) is 1. The first-order chi connectivity index (χ1) is 11.9. The van der Waals surface area contributed by atoms with E-state index in [0.717, 1.165) is 29.8 Å². The topological polar surface area (TPSA) is 29.5 Å². The Morgan fingerprint density at radius 2 is 1.80 bits per heavy atom. The van der Waals surface area contributed by atoms with Crippen LogP contribution in [0.2, 0.25) is 10.0 Å². The zero-order chi connectivity index (χ0) is 18.1. The first-order valence-electron chi connectivity index (χ1n) is 8.35. The van der Waals surface area contributed by atoms with Crippen LogP contribution < -0.4 is 9.64 Å². The highest BCUT2D eigenvalue weighted by molar-refractivity contribution is 6.37. The van der Waals surface area contributed by atoms with Gasteiger partial charge in [0.15, 0.2) is 0 Å². The molecule has 0 heterocycles. The largest absolute Gasteiger partial charge is 0.497 e. The van der Waals surface area contributed by atoms with Gasteiger partial charge in [-0.3, -0.25) is 4.79 Å². The molecule has 0 bridgehead atoms. The summed E-state index contributed by atoms with van der Waals surface area (Å²) < 4.78 is 5.22. The highest BCUT2D eigenvalue weighted by Crippen LogP contribution is 2.38. The second-order valence-corrected chi connectivity index (χ2v) is 7.35. The lowest BCUT2D eigenvalue weighted by Crippen LogP contribution is -2.40. The first-order valence-corrected chi connectivity index (χ1v) is 9.11. The van der Waals surface area contributed by atoms with Crippen molar-refractivity contribution in [3.8, 4) is 5.75 Å². The van der Waals surface area contributed by atoms with E-state index < -0.39 is 0 Å². The molecule has 0 saturated heterocycles. The van der Waals surface area contributed by atoms with E-state index >= 15 is 0 Å². The smallest absolute Gasteiger partial charge is 0.260 e. The van der Waals surface area contributed by atoms with Crippen LogP contribution in [-0.2, 0) is 0 Å². The molecule has 5 heteroatoms. The maximum Gasteiger partial charge on any atom is 0.260 e. The van der Waals surface area contributed by atoms with Crippen molar-refractivity contribution in [2.24, 2.45) is 5.92 Å². The molecule has 0 radical (unpaired) electrons. The fraction of sp³-hybridized carbons (Fsp3) is 0.350. The van der Waals surface area contributed by atoms with Gasteiger partial charge < -0.3 is 9.64 Å². The van der Waals surface area contributed by atoms with Crippen molar-refractivity contribution in [3.63, 3.8) is 0 Å². The molecule has 2 aromatic rings. The maximum atomic E-state index is 13.3. The van der Waals surface area contributed by atoms with Gasteiger partial charge in [-0.05, 0) is 74.6 Å². The Morgan fingerprint density at radius 3 is 2.36 bits per heavy atom. The van der Waals surface area contributed by atoms with Gasteiger partial charge in [-0.1, -0.05) is 23.2 Å². The third kappa shape index (κ3) is 3.78. The van der Waals surface area contributed by atoms with Gasteiger partial charge in [0.1, 0.15) is 5.75 Å². The van der Waals surface area contributed by atoms with Crippen LogP contribution in [0.3, 0.4) is 0 Å². The summed E-state index contributed by atoms with van der Waals surface area (Å²) in [5, 5.41) is 0.940. The second kappa shape index (κ2) is 7.27. The minimum absolute atomic E-state index is 0.102. The minimum atomic E-state index is -0.102. The number of aryl methyl sites for hydroxylation is 1. The lowest BCUT2D eigenvalue weighted by Gasteiger charge is -2.30. The quantitative estimate of drug-likeness (QED) is 0.662. The number of benzene rings is 2. The van der Waals surface area contributed by atoms with Crippen LogP contribution in [0.15, 0.2) is 36.4 Å².